The lowest BCUT2D eigenvalue weighted by molar-refractivity contribution is 0.629. The highest BCUT2D eigenvalue weighted by Gasteiger charge is 2.04. The van der Waals surface area contributed by atoms with Gasteiger partial charge < -0.3 is 5.32 Å². The maximum atomic E-state index is 11.2. The highest BCUT2D eigenvalue weighted by Crippen LogP contribution is 2.09. The van der Waals surface area contributed by atoms with E-state index in [1.165, 1.54) is 16.7 Å². The summed E-state index contributed by atoms with van der Waals surface area (Å²) in [6, 6.07) is 6.55. The molecule has 2 unspecified atom stereocenters. The molecule has 96 valence electrons. The second-order valence-corrected chi connectivity index (χ2v) is 6.50. The summed E-state index contributed by atoms with van der Waals surface area (Å²) in [6.07, 6.45) is 2.74. The van der Waals surface area contributed by atoms with Crippen LogP contribution in [0.3, 0.4) is 0 Å². The van der Waals surface area contributed by atoms with E-state index >= 15 is 0 Å². The molecule has 0 aliphatic rings. The van der Waals surface area contributed by atoms with E-state index in [1.807, 2.05) is 6.92 Å². The smallest absolute Gasteiger partial charge is 0.0329 e. The summed E-state index contributed by atoms with van der Waals surface area (Å²) < 4.78 is 11.2. The Morgan fingerprint density at radius 2 is 2.00 bits per heavy atom. The second kappa shape index (κ2) is 6.92. The summed E-state index contributed by atoms with van der Waals surface area (Å²) in [7, 11) is -0.705. The van der Waals surface area contributed by atoms with Gasteiger partial charge in [0.2, 0.25) is 0 Å². The first-order valence-corrected chi connectivity index (χ1v) is 7.72. The SMILES string of the molecule is Cc1ccc(CNCCC(C)S(C)=O)cc1C. The van der Waals surface area contributed by atoms with Crippen molar-refractivity contribution in [1.29, 1.82) is 0 Å². The molecule has 3 heteroatoms. The Bertz CT molecular complexity index is 390. The van der Waals surface area contributed by atoms with E-state index in [2.05, 4.69) is 37.4 Å². The second-order valence-electron chi connectivity index (χ2n) is 4.69. The molecule has 2 nitrogen and oxygen atoms in total. The standard InChI is InChI=1S/C14H23NOS/c1-11-5-6-14(9-12(11)2)10-15-8-7-13(3)17(4)16/h5-6,9,13,15H,7-8,10H2,1-4H3. The van der Waals surface area contributed by atoms with Gasteiger partial charge in [0, 0.05) is 28.9 Å². The first kappa shape index (κ1) is 14.4. The van der Waals surface area contributed by atoms with Crippen molar-refractivity contribution in [2.45, 2.75) is 39.0 Å². The minimum atomic E-state index is -0.705. The normalized spacial score (nSPS) is 14.6. The minimum Gasteiger partial charge on any atom is -0.313 e. The highest BCUT2D eigenvalue weighted by atomic mass is 32.2. The molecule has 0 saturated heterocycles. The molecule has 17 heavy (non-hydrogen) atoms. The molecule has 0 radical (unpaired) electrons. The summed E-state index contributed by atoms with van der Waals surface area (Å²) in [4.78, 5) is 0. The van der Waals surface area contributed by atoms with Gasteiger partial charge in [0.25, 0.3) is 0 Å². The Balaban J connectivity index is 2.31. The van der Waals surface area contributed by atoms with Gasteiger partial charge in [-0.1, -0.05) is 25.1 Å². The number of nitrogens with one attached hydrogen (secondary N) is 1. The van der Waals surface area contributed by atoms with E-state index in [1.54, 1.807) is 6.26 Å². The molecular formula is C14H23NOS. The van der Waals surface area contributed by atoms with Gasteiger partial charge in [-0.2, -0.15) is 0 Å². The Hall–Kier alpha value is -0.670. The van der Waals surface area contributed by atoms with Crippen LogP contribution in [0.1, 0.15) is 30.0 Å². The monoisotopic (exact) mass is 253 g/mol. The minimum absolute atomic E-state index is 0.280. The van der Waals surface area contributed by atoms with Crippen LogP contribution in [0.25, 0.3) is 0 Å². The number of benzene rings is 1. The zero-order valence-corrected chi connectivity index (χ0v) is 12.1. The average molecular weight is 253 g/mol. The van der Waals surface area contributed by atoms with Crippen molar-refractivity contribution in [3.05, 3.63) is 34.9 Å². The van der Waals surface area contributed by atoms with Crippen molar-refractivity contribution in [3.63, 3.8) is 0 Å². The number of aryl methyl sites for hydroxylation is 2. The maximum Gasteiger partial charge on any atom is 0.0329 e. The molecule has 0 heterocycles. The van der Waals surface area contributed by atoms with E-state index in [0.29, 0.717) is 0 Å². The summed E-state index contributed by atoms with van der Waals surface area (Å²) in [5.74, 6) is 0. The maximum absolute atomic E-state index is 11.2. The van der Waals surface area contributed by atoms with Crippen LogP contribution in [0.5, 0.6) is 0 Å². The summed E-state index contributed by atoms with van der Waals surface area (Å²) in [5.41, 5.74) is 3.99. The number of rotatable bonds is 6. The van der Waals surface area contributed by atoms with Crippen LogP contribution in [-0.4, -0.2) is 22.3 Å². The Morgan fingerprint density at radius 3 is 2.59 bits per heavy atom. The predicted octanol–water partition coefficient (Wildman–Crippen LogP) is 2.55. The first-order valence-electron chi connectivity index (χ1n) is 6.09. The van der Waals surface area contributed by atoms with Crippen LogP contribution in [0.4, 0.5) is 0 Å². The third-order valence-corrected chi connectivity index (χ3v) is 4.56. The lowest BCUT2D eigenvalue weighted by Crippen LogP contribution is -2.21. The van der Waals surface area contributed by atoms with Crippen LogP contribution < -0.4 is 5.32 Å². The van der Waals surface area contributed by atoms with Gasteiger partial charge >= 0.3 is 0 Å². The van der Waals surface area contributed by atoms with E-state index in [-0.39, 0.29) is 5.25 Å². The zero-order valence-electron chi connectivity index (χ0n) is 11.2. The Labute approximate surface area is 107 Å². The quantitative estimate of drug-likeness (QED) is 0.789. The molecule has 0 aliphatic heterocycles. The summed E-state index contributed by atoms with van der Waals surface area (Å²) in [5, 5.41) is 3.68. The lowest BCUT2D eigenvalue weighted by Gasteiger charge is -2.10. The van der Waals surface area contributed by atoms with Gasteiger partial charge in [-0.05, 0) is 43.5 Å². The Morgan fingerprint density at radius 1 is 1.29 bits per heavy atom. The van der Waals surface area contributed by atoms with Crippen LogP contribution in [0.2, 0.25) is 0 Å². The van der Waals surface area contributed by atoms with E-state index < -0.39 is 10.8 Å². The van der Waals surface area contributed by atoms with Crippen LogP contribution in [-0.2, 0) is 17.3 Å². The lowest BCUT2D eigenvalue weighted by atomic mass is 10.1. The topological polar surface area (TPSA) is 29.1 Å². The molecule has 1 aromatic carbocycles. The van der Waals surface area contributed by atoms with Crippen LogP contribution in [0, 0.1) is 13.8 Å². The third-order valence-electron chi connectivity index (χ3n) is 3.19. The molecule has 2 atom stereocenters. The van der Waals surface area contributed by atoms with Crippen molar-refractivity contribution >= 4 is 10.8 Å². The van der Waals surface area contributed by atoms with Crippen LogP contribution in [0.15, 0.2) is 18.2 Å². The van der Waals surface area contributed by atoms with Crippen LogP contribution >= 0.6 is 0 Å². The fourth-order valence-corrected chi connectivity index (χ4v) is 2.07. The van der Waals surface area contributed by atoms with Gasteiger partial charge in [0.05, 0.1) is 0 Å². The molecule has 1 aromatic rings. The van der Waals surface area contributed by atoms with Crippen molar-refractivity contribution in [2.75, 3.05) is 12.8 Å². The molecule has 0 aliphatic carbocycles. The molecule has 1 N–H and O–H groups in total. The van der Waals surface area contributed by atoms with Gasteiger partial charge in [0.1, 0.15) is 0 Å². The van der Waals surface area contributed by atoms with Crippen molar-refractivity contribution in [3.8, 4) is 0 Å². The highest BCUT2D eigenvalue weighted by molar-refractivity contribution is 7.84. The van der Waals surface area contributed by atoms with Crippen molar-refractivity contribution < 1.29 is 4.21 Å². The molecule has 0 spiro atoms. The van der Waals surface area contributed by atoms with E-state index in [4.69, 9.17) is 0 Å². The predicted molar refractivity (Wildman–Crippen MR) is 75.8 cm³/mol. The molecule has 0 amide bonds. The van der Waals surface area contributed by atoms with Gasteiger partial charge in [0.15, 0.2) is 0 Å². The van der Waals surface area contributed by atoms with E-state index in [0.717, 1.165) is 19.5 Å². The first-order chi connectivity index (χ1) is 8.00. The van der Waals surface area contributed by atoms with Crippen molar-refractivity contribution in [1.82, 2.24) is 5.32 Å². The third kappa shape index (κ3) is 5.00. The fourth-order valence-electron chi connectivity index (χ4n) is 1.62. The van der Waals surface area contributed by atoms with Gasteiger partial charge in [-0.25, -0.2) is 0 Å². The average Bonchev–Trinajstić information content (AvgIpc) is 2.28. The molecule has 1 rings (SSSR count). The molecule has 0 saturated carbocycles. The zero-order chi connectivity index (χ0) is 12.8. The molecule has 0 aromatic heterocycles. The molecular weight excluding hydrogens is 230 g/mol. The largest absolute Gasteiger partial charge is 0.313 e. The van der Waals surface area contributed by atoms with E-state index in [9.17, 15) is 4.21 Å². The van der Waals surface area contributed by atoms with Gasteiger partial charge in [-0.15, -0.1) is 0 Å². The number of hydrogen-bond donors (Lipinski definition) is 1. The van der Waals surface area contributed by atoms with Crippen molar-refractivity contribution in [2.24, 2.45) is 0 Å². The molecule has 0 fully saturated rings. The summed E-state index contributed by atoms with van der Waals surface area (Å²) >= 11 is 0. The summed E-state index contributed by atoms with van der Waals surface area (Å²) in [6.45, 7) is 8.12. The molecule has 0 bridgehead atoms. The van der Waals surface area contributed by atoms with Gasteiger partial charge in [-0.3, -0.25) is 4.21 Å². The fraction of sp³-hybridized carbons (Fsp3) is 0.571. The Kier molecular flexibility index (Phi) is 5.86. The number of hydrogen-bond acceptors (Lipinski definition) is 2.